The Morgan fingerprint density at radius 2 is 2.15 bits per heavy atom. The van der Waals surface area contributed by atoms with E-state index in [9.17, 15) is 0 Å². The van der Waals surface area contributed by atoms with Gasteiger partial charge in [-0.3, -0.25) is 4.99 Å². The van der Waals surface area contributed by atoms with Crippen LogP contribution in [0.2, 0.25) is 0 Å². The van der Waals surface area contributed by atoms with Crippen molar-refractivity contribution in [3.8, 4) is 0 Å². The highest BCUT2D eigenvalue weighted by atomic mass is 15.3. The fraction of sp³-hybridized carbons (Fsp3) is 0.438. The predicted octanol–water partition coefficient (Wildman–Crippen LogP) is 2.55. The summed E-state index contributed by atoms with van der Waals surface area (Å²) in [7, 11) is 4.02. The Hall–Kier alpha value is -1.97. The molecule has 0 amide bonds. The average molecular weight is 272 g/mol. The molecule has 0 aliphatic carbocycles. The topological polar surface area (TPSA) is 43.4 Å². The Kier molecular flexibility index (Phi) is 4.66. The maximum absolute atomic E-state index is 4.63. The van der Waals surface area contributed by atoms with Gasteiger partial charge < -0.3 is 15.2 Å². The van der Waals surface area contributed by atoms with Crippen molar-refractivity contribution < 1.29 is 0 Å². The van der Waals surface area contributed by atoms with Gasteiger partial charge in [0.2, 0.25) is 0 Å². The highest BCUT2D eigenvalue weighted by Crippen LogP contribution is 2.19. The van der Waals surface area contributed by atoms with E-state index in [0.29, 0.717) is 0 Å². The molecule has 108 valence electrons. The van der Waals surface area contributed by atoms with Crippen LogP contribution in [0.5, 0.6) is 0 Å². The largest absolute Gasteiger partial charge is 0.361 e. The number of fused-ring (bicyclic) bond motifs is 1. The van der Waals surface area contributed by atoms with Crippen LogP contribution in [0.3, 0.4) is 0 Å². The summed E-state index contributed by atoms with van der Waals surface area (Å²) in [5, 5.41) is 4.58. The van der Waals surface area contributed by atoms with Gasteiger partial charge in [-0.05, 0) is 37.5 Å². The lowest BCUT2D eigenvalue weighted by Gasteiger charge is -2.16. The van der Waals surface area contributed by atoms with Gasteiger partial charge in [-0.1, -0.05) is 12.1 Å². The molecule has 0 radical (unpaired) electrons. The minimum Gasteiger partial charge on any atom is -0.361 e. The molecule has 1 aromatic carbocycles. The van der Waals surface area contributed by atoms with Crippen LogP contribution in [-0.4, -0.2) is 43.0 Å². The fourth-order valence-corrected chi connectivity index (χ4v) is 2.30. The van der Waals surface area contributed by atoms with Gasteiger partial charge in [0.05, 0.1) is 0 Å². The number of aromatic amines is 1. The van der Waals surface area contributed by atoms with Gasteiger partial charge in [0.15, 0.2) is 5.96 Å². The van der Waals surface area contributed by atoms with Crippen LogP contribution in [0, 0.1) is 6.92 Å². The monoisotopic (exact) mass is 272 g/mol. The summed E-state index contributed by atoms with van der Waals surface area (Å²) in [6.07, 6.45) is 3.05. The van der Waals surface area contributed by atoms with E-state index in [1.165, 1.54) is 22.0 Å². The van der Waals surface area contributed by atoms with Gasteiger partial charge in [-0.2, -0.15) is 0 Å². The zero-order valence-corrected chi connectivity index (χ0v) is 12.8. The lowest BCUT2D eigenvalue weighted by Crippen LogP contribution is -2.36. The van der Waals surface area contributed by atoms with E-state index < -0.39 is 0 Å². The molecule has 2 N–H and O–H groups in total. The lowest BCUT2D eigenvalue weighted by atomic mass is 10.1. The number of nitrogens with zero attached hydrogens (tertiary/aromatic N) is 2. The van der Waals surface area contributed by atoms with Crippen molar-refractivity contribution in [2.45, 2.75) is 20.3 Å². The number of hydrogen-bond donors (Lipinski definition) is 2. The Morgan fingerprint density at radius 1 is 1.35 bits per heavy atom. The quantitative estimate of drug-likeness (QED) is 0.663. The van der Waals surface area contributed by atoms with Gasteiger partial charge >= 0.3 is 0 Å². The molecule has 0 saturated heterocycles. The Bertz CT molecular complexity index is 596. The first-order chi connectivity index (χ1) is 9.61. The average Bonchev–Trinajstić information content (AvgIpc) is 2.80. The summed E-state index contributed by atoms with van der Waals surface area (Å²) in [5.74, 6) is 0.947. The van der Waals surface area contributed by atoms with E-state index in [4.69, 9.17) is 0 Å². The smallest absolute Gasteiger partial charge is 0.193 e. The number of H-pyrrole nitrogens is 1. The van der Waals surface area contributed by atoms with E-state index in [0.717, 1.165) is 25.5 Å². The van der Waals surface area contributed by atoms with Gasteiger partial charge in [0.1, 0.15) is 0 Å². The SMILES string of the molecule is CCNC(=NCCc1c[nH]c2cc(C)ccc12)N(C)C. The van der Waals surface area contributed by atoms with Gasteiger partial charge in [-0.25, -0.2) is 0 Å². The summed E-state index contributed by atoms with van der Waals surface area (Å²) >= 11 is 0. The standard InChI is InChI=1S/C16H24N4/c1-5-17-16(20(3)4)18-9-8-13-11-19-15-10-12(2)6-7-14(13)15/h6-7,10-11,19H,5,8-9H2,1-4H3,(H,17,18). The molecule has 20 heavy (non-hydrogen) atoms. The molecule has 4 heteroatoms. The summed E-state index contributed by atoms with van der Waals surface area (Å²) in [6.45, 7) is 5.88. The first-order valence-corrected chi connectivity index (χ1v) is 7.14. The molecular formula is C16H24N4. The lowest BCUT2D eigenvalue weighted by molar-refractivity contribution is 0.583. The third kappa shape index (κ3) is 3.32. The number of rotatable bonds is 4. The zero-order valence-electron chi connectivity index (χ0n) is 12.8. The van der Waals surface area contributed by atoms with E-state index >= 15 is 0 Å². The molecular weight excluding hydrogens is 248 g/mol. The van der Waals surface area contributed by atoms with Crippen LogP contribution < -0.4 is 5.32 Å². The molecule has 0 atom stereocenters. The van der Waals surface area contributed by atoms with Crippen molar-refractivity contribution in [1.29, 1.82) is 0 Å². The molecule has 0 aliphatic rings. The van der Waals surface area contributed by atoms with Crippen molar-refractivity contribution in [1.82, 2.24) is 15.2 Å². The maximum atomic E-state index is 4.63. The van der Waals surface area contributed by atoms with Crippen LogP contribution >= 0.6 is 0 Å². The Morgan fingerprint density at radius 3 is 2.85 bits per heavy atom. The minimum atomic E-state index is 0.793. The molecule has 4 nitrogen and oxygen atoms in total. The molecule has 1 heterocycles. The van der Waals surface area contributed by atoms with Crippen molar-refractivity contribution in [3.63, 3.8) is 0 Å². The molecule has 0 fully saturated rings. The van der Waals surface area contributed by atoms with Crippen LogP contribution in [-0.2, 0) is 6.42 Å². The number of guanidine groups is 1. The van der Waals surface area contributed by atoms with E-state index in [2.05, 4.69) is 53.5 Å². The first kappa shape index (κ1) is 14.4. The van der Waals surface area contributed by atoms with E-state index in [1.807, 2.05) is 19.0 Å². The second-order valence-electron chi connectivity index (χ2n) is 5.24. The van der Waals surface area contributed by atoms with Crippen LogP contribution in [0.1, 0.15) is 18.1 Å². The highest BCUT2D eigenvalue weighted by molar-refractivity contribution is 5.84. The molecule has 0 unspecified atom stereocenters. The van der Waals surface area contributed by atoms with Crippen molar-refractivity contribution in [2.24, 2.45) is 4.99 Å². The number of benzene rings is 1. The summed E-state index contributed by atoms with van der Waals surface area (Å²) in [6, 6.07) is 6.54. The normalized spacial score (nSPS) is 11.9. The van der Waals surface area contributed by atoms with Crippen molar-refractivity contribution >= 4 is 16.9 Å². The second kappa shape index (κ2) is 6.46. The number of aromatic nitrogens is 1. The molecule has 2 aromatic rings. The third-order valence-corrected chi connectivity index (χ3v) is 3.32. The Labute approximate surface area is 120 Å². The summed E-state index contributed by atoms with van der Waals surface area (Å²) < 4.78 is 0. The predicted molar refractivity (Wildman–Crippen MR) is 86.4 cm³/mol. The van der Waals surface area contributed by atoms with Crippen molar-refractivity contribution in [2.75, 3.05) is 27.2 Å². The van der Waals surface area contributed by atoms with Gasteiger partial charge in [0, 0.05) is 44.3 Å². The molecule has 0 saturated carbocycles. The first-order valence-electron chi connectivity index (χ1n) is 7.14. The van der Waals surface area contributed by atoms with Crippen LogP contribution in [0.25, 0.3) is 10.9 Å². The van der Waals surface area contributed by atoms with Gasteiger partial charge in [0.25, 0.3) is 0 Å². The highest BCUT2D eigenvalue weighted by Gasteiger charge is 2.04. The number of nitrogens with one attached hydrogen (secondary N) is 2. The fourth-order valence-electron chi connectivity index (χ4n) is 2.30. The number of aliphatic imine (C=N–C) groups is 1. The third-order valence-electron chi connectivity index (χ3n) is 3.32. The van der Waals surface area contributed by atoms with E-state index in [-0.39, 0.29) is 0 Å². The van der Waals surface area contributed by atoms with Crippen molar-refractivity contribution in [3.05, 3.63) is 35.5 Å². The minimum absolute atomic E-state index is 0.793. The molecule has 0 bridgehead atoms. The number of aryl methyl sites for hydroxylation is 1. The second-order valence-corrected chi connectivity index (χ2v) is 5.24. The van der Waals surface area contributed by atoms with E-state index in [1.54, 1.807) is 0 Å². The maximum Gasteiger partial charge on any atom is 0.193 e. The summed E-state index contributed by atoms with van der Waals surface area (Å²) in [5.41, 5.74) is 3.83. The van der Waals surface area contributed by atoms with Crippen LogP contribution in [0.15, 0.2) is 29.4 Å². The molecule has 0 spiro atoms. The van der Waals surface area contributed by atoms with Gasteiger partial charge in [-0.15, -0.1) is 0 Å². The molecule has 1 aromatic heterocycles. The molecule has 2 rings (SSSR count). The molecule has 0 aliphatic heterocycles. The number of hydrogen-bond acceptors (Lipinski definition) is 1. The summed E-state index contributed by atoms with van der Waals surface area (Å²) in [4.78, 5) is 9.99. The van der Waals surface area contributed by atoms with Crippen LogP contribution in [0.4, 0.5) is 0 Å². The Balaban J connectivity index is 2.07. The zero-order chi connectivity index (χ0) is 14.5.